The van der Waals surface area contributed by atoms with Crippen LogP contribution in [-0.4, -0.2) is 11.2 Å². The monoisotopic (exact) mass is 275 g/mol. The molecule has 3 heteroatoms. The minimum Gasteiger partial charge on any atom is -0.507 e. The topological polar surface area (TPSA) is 53.2 Å². The van der Waals surface area contributed by atoms with E-state index in [2.05, 4.69) is 12.0 Å². The predicted molar refractivity (Wildman–Crippen MR) is 77.2 cm³/mol. The number of allylic oxidation sites excluding steroid dienone is 2. The molecule has 1 aliphatic heterocycles. The van der Waals surface area contributed by atoms with Crippen molar-refractivity contribution in [3.05, 3.63) is 52.8 Å². The van der Waals surface area contributed by atoms with E-state index in [0.717, 1.165) is 16.7 Å². The zero-order valence-electron chi connectivity index (χ0n) is 11.3. The Labute approximate surface area is 123 Å². The highest BCUT2D eigenvalue weighted by Crippen LogP contribution is 2.53. The van der Waals surface area contributed by atoms with Gasteiger partial charge in [-0.25, -0.2) is 0 Å². The molecule has 0 fully saturated rings. The van der Waals surface area contributed by atoms with Gasteiger partial charge in [0.05, 0.1) is 23.3 Å². The van der Waals surface area contributed by atoms with Gasteiger partial charge in [0.25, 0.3) is 0 Å². The molecule has 4 rings (SSSR count). The molecular formula is C18H13NO2. The van der Waals surface area contributed by atoms with Crippen molar-refractivity contribution in [1.29, 1.82) is 5.26 Å². The van der Waals surface area contributed by atoms with Gasteiger partial charge >= 0.3 is 0 Å². The maximum Gasteiger partial charge on any atom is 0.131 e. The first-order chi connectivity index (χ1) is 10.2. The lowest BCUT2D eigenvalue weighted by molar-refractivity contribution is 0.0966. The SMILES string of the molecule is C#Cc1cc2c(cc1O)[C@]1(C#N)CC=CC3=CO[C@H](C2)[C@@H]31. The van der Waals surface area contributed by atoms with Crippen LogP contribution in [0.1, 0.15) is 23.1 Å². The smallest absolute Gasteiger partial charge is 0.131 e. The first kappa shape index (κ1) is 12.1. The summed E-state index contributed by atoms with van der Waals surface area (Å²) in [5, 5.41) is 20.0. The minimum atomic E-state index is -0.667. The first-order valence-electron chi connectivity index (χ1n) is 6.96. The summed E-state index contributed by atoms with van der Waals surface area (Å²) in [6.07, 6.45) is 12.6. The Bertz CT molecular complexity index is 791. The highest BCUT2D eigenvalue weighted by atomic mass is 16.5. The Hall–Kier alpha value is -2.65. The summed E-state index contributed by atoms with van der Waals surface area (Å²) >= 11 is 0. The summed E-state index contributed by atoms with van der Waals surface area (Å²) in [5.74, 6) is 2.60. The number of aromatic hydroxyl groups is 1. The van der Waals surface area contributed by atoms with Gasteiger partial charge in [-0.15, -0.1) is 6.42 Å². The van der Waals surface area contributed by atoms with Crippen molar-refractivity contribution >= 4 is 0 Å². The summed E-state index contributed by atoms with van der Waals surface area (Å²) in [5.41, 5.74) is 2.77. The normalized spacial score (nSPS) is 31.2. The number of nitrogens with zero attached hydrogens (tertiary/aromatic N) is 1. The number of terminal acetylenes is 1. The average molecular weight is 275 g/mol. The molecule has 1 N–H and O–H groups in total. The first-order valence-corrected chi connectivity index (χ1v) is 6.96. The standard InChI is InChI=1S/C18H13NO2/c1-2-11-6-13-7-16-17-12(9-21-16)4-3-5-18(17,10-19)14(13)8-15(11)20/h1,3-4,6,8-9,16-17,20H,5,7H2/t16-,17-,18-/m1/s1. The molecule has 0 unspecified atom stereocenters. The van der Waals surface area contributed by atoms with E-state index >= 15 is 0 Å². The third-order valence-electron chi connectivity index (χ3n) is 4.87. The Morgan fingerprint density at radius 3 is 3.05 bits per heavy atom. The van der Waals surface area contributed by atoms with Crippen LogP contribution >= 0.6 is 0 Å². The maximum absolute atomic E-state index is 10.1. The lowest BCUT2D eigenvalue weighted by atomic mass is 9.57. The molecule has 0 amide bonds. The molecule has 3 nitrogen and oxygen atoms in total. The number of phenolic OH excluding ortho intramolecular Hbond substituents is 1. The molecule has 0 saturated heterocycles. The van der Waals surface area contributed by atoms with E-state index < -0.39 is 5.41 Å². The van der Waals surface area contributed by atoms with E-state index in [9.17, 15) is 10.4 Å². The molecule has 1 heterocycles. The van der Waals surface area contributed by atoms with Crippen molar-refractivity contribution in [3.8, 4) is 24.2 Å². The van der Waals surface area contributed by atoms with Crippen molar-refractivity contribution in [2.45, 2.75) is 24.4 Å². The fourth-order valence-electron chi connectivity index (χ4n) is 3.95. The van der Waals surface area contributed by atoms with E-state index in [-0.39, 0.29) is 17.8 Å². The van der Waals surface area contributed by atoms with Gasteiger partial charge in [0.2, 0.25) is 0 Å². The summed E-state index contributed by atoms with van der Waals surface area (Å²) in [7, 11) is 0. The van der Waals surface area contributed by atoms with Crippen LogP contribution in [0.3, 0.4) is 0 Å². The van der Waals surface area contributed by atoms with E-state index in [1.165, 1.54) is 0 Å². The van der Waals surface area contributed by atoms with Crippen LogP contribution in [0, 0.1) is 29.6 Å². The number of rotatable bonds is 0. The fourth-order valence-corrected chi connectivity index (χ4v) is 3.95. The highest BCUT2D eigenvalue weighted by Gasteiger charge is 2.54. The summed E-state index contributed by atoms with van der Waals surface area (Å²) < 4.78 is 5.78. The zero-order valence-corrected chi connectivity index (χ0v) is 11.3. The van der Waals surface area contributed by atoms with Gasteiger partial charge in [-0.2, -0.15) is 5.26 Å². The van der Waals surface area contributed by atoms with E-state index in [1.807, 2.05) is 18.2 Å². The molecule has 3 aliphatic rings. The molecule has 102 valence electrons. The molecule has 0 aromatic heterocycles. The quantitative estimate of drug-likeness (QED) is 0.740. The lowest BCUT2D eigenvalue weighted by Gasteiger charge is -2.43. The summed E-state index contributed by atoms with van der Waals surface area (Å²) in [4.78, 5) is 0. The predicted octanol–water partition coefficient (Wildman–Crippen LogP) is 2.55. The van der Waals surface area contributed by atoms with Gasteiger partial charge in [0.1, 0.15) is 11.9 Å². The van der Waals surface area contributed by atoms with Gasteiger partial charge in [0, 0.05) is 12.3 Å². The van der Waals surface area contributed by atoms with Crippen LogP contribution in [0.25, 0.3) is 0 Å². The van der Waals surface area contributed by atoms with Crippen molar-refractivity contribution in [3.63, 3.8) is 0 Å². The van der Waals surface area contributed by atoms with Gasteiger partial charge in [0.15, 0.2) is 0 Å². The van der Waals surface area contributed by atoms with Crippen molar-refractivity contribution in [2.75, 3.05) is 0 Å². The van der Waals surface area contributed by atoms with Crippen LogP contribution in [0.5, 0.6) is 5.75 Å². The molecule has 0 radical (unpaired) electrons. The molecule has 0 spiro atoms. The van der Waals surface area contributed by atoms with Gasteiger partial charge in [-0.3, -0.25) is 0 Å². The zero-order chi connectivity index (χ0) is 14.6. The Kier molecular flexibility index (Phi) is 2.27. The van der Waals surface area contributed by atoms with E-state index in [0.29, 0.717) is 18.4 Å². The molecule has 3 atom stereocenters. The van der Waals surface area contributed by atoms with Gasteiger partial charge < -0.3 is 9.84 Å². The number of fused-ring (bicyclic) bond motifs is 2. The second-order valence-corrected chi connectivity index (χ2v) is 5.83. The third-order valence-corrected chi connectivity index (χ3v) is 4.87. The highest BCUT2D eigenvalue weighted by molar-refractivity contribution is 5.58. The number of hydrogen-bond acceptors (Lipinski definition) is 3. The van der Waals surface area contributed by atoms with Gasteiger partial charge in [-0.05, 0) is 35.3 Å². The number of benzene rings is 1. The van der Waals surface area contributed by atoms with Crippen molar-refractivity contribution in [1.82, 2.24) is 0 Å². The number of hydrogen-bond donors (Lipinski definition) is 1. The van der Waals surface area contributed by atoms with Crippen LogP contribution in [-0.2, 0) is 16.6 Å². The minimum absolute atomic E-state index is 0.0210. The van der Waals surface area contributed by atoms with E-state index in [1.54, 1.807) is 12.3 Å². The van der Waals surface area contributed by atoms with Crippen molar-refractivity contribution < 1.29 is 9.84 Å². The summed E-state index contributed by atoms with van der Waals surface area (Å²) in [6, 6.07) is 6.00. The van der Waals surface area contributed by atoms with Crippen LogP contribution in [0.15, 0.2) is 36.1 Å². The maximum atomic E-state index is 10.1. The molecular weight excluding hydrogens is 262 g/mol. The number of ether oxygens (including phenoxy) is 1. The average Bonchev–Trinajstić information content (AvgIpc) is 2.92. The van der Waals surface area contributed by atoms with Crippen LogP contribution < -0.4 is 0 Å². The second-order valence-electron chi connectivity index (χ2n) is 5.83. The Morgan fingerprint density at radius 2 is 2.29 bits per heavy atom. The van der Waals surface area contributed by atoms with E-state index in [4.69, 9.17) is 11.2 Å². The number of nitriles is 1. The molecule has 1 aromatic carbocycles. The number of phenols is 1. The molecule has 1 aromatic rings. The molecule has 2 aliphatic carbocycles. The second kappa shape index (κ2) is 3.93. The van der Waals surface area contributed by atoms with Crippen LogP contribution in [0.2, 0.25) is 0 Å². The lowest BCUT2D eigenvalue weighted by Crippen LogP contribution is -2.46. The van der Waals surface area contributed by atoms with Gasteiger partial charge in [-0.1, -0.05) is 18.1 Å². The molecule has 21 heavy (non-hydrogen) atoms. The Morgan fingerprint density at radius 1 is 1.43 bits per heavy atom. The van der Waals surface area contributed by atoms with Crippen LogP contribution in [0.4, 0.5) is 0 Å². The van der Waals surface area contributed by atoms with Crippen molar-refractivity contribution in [2.24, 2.45) is 5.92 Å². The third kappa shape index (κ3) is 1.38. The summed E-state index contributed by atoms with van der Waals surface area (Å²) in [6.45, 7) is 0. The molecule has 0 bridgehead atoms. The molecule has 0 saturated carbocycles. The fraction of sp³-hybridized carbons (Fsp3) is 0.278. The largest absolute Gasteiger partial charge is 0.507 e. The Balaban J connectivity index is 2.00.